The summed E-state index contributed by atoms with van der Waals surface area (Å²) in [6, 6.07) is 12.6. The zero-order valence-corrected chi connectivity index (χ0v) is 11.4. The number of anilines is 2. The van der Waals surface area contributed by atoms with Crippen LogP contribution in [0.2, 0.25) is 0 Å². The van der Waals surface area contributed by atoms with Gasteiger partial charge in [0.05, 0.1) is 7.11 Å². The van der Waals surface area contributed by atoms with E-state index in [0.717, 1.165) is 0 Å². The number of nitrogens with one attached hydrogen (secondary N) is 1. The average Bonchev–Trinajstić information content (AvgIpc) is 2.83. The highest BCUT2D eigenvalue weighted by molar-refractivity contribution is 6.09. The molecule has 6 nitrogen and oxygen atoms in total. The highest BCUT2D eigenvalue weighted by Crippen LogP contribution is 2.21. The van der Waals surface area contributed by atoms with E-state index in [-0.39, 0.29) is 5.78 Å². The van der Waals surface area contributed by atoms with Gasteiger partial charge in [-0.05, 0) is 12.1 Å². The molecule has 0 fully saturated rings. The molecule has 2 heterocycles. The van der Waals surface area contributed by atoms with Crippen molar-refractivity contribution in [2.24, 2.45) is 0 Å². The Bertz CT molecular complexity index is 796. The lowest BCUT2D eigenvalue weighted by atomic mass is 10.1. The third-order valence-corrected chi connectivity index (χ3v) is 3.14. The van der Waals surface area contributed by atoms with Crippen molar-refractivity contribution >= 4 is 23.1 Å². The van der Waals surface area contributed by atoms with Gasteiger partial charge in [-0.2, -0.15) is 0 Å². The molecule has 0 aliphatic carbocycles. The predicted octanol–water partition coefficient (Wildman–Crippen LogP) is 2.12. The number of benzene rings is 1. The second-order valence-corrected chi connectivity index (χ2v) is 4.49. The van der Waals surface area contributed by atoms with E-state index in [1.165, 1.54) is 7.11 Å². The van der Waals surface area contributed by atoms with E-state index in [4.69, 9.17) is 10.6 Å². The Morgan fingerprint density at radius 2 is 1.95 bits per heavy atom. The number of nitrogens with zero attached hydrogens (tertiary/aromatic N) is 2. The van der Waals surface area contributed by atoms with Crippen molar-refractivity contribution < 1.29 is 9.63 Å². The van der Waals surface area contributed by atoms with Gasteiger partial charge in [-0.3, -0.25) is 14.0 Å². The molecule has 0 atom stereocenters. The lowest BCUT2D eigenvalue weighted by Gasteiger charge is -2.06. The second kappa shape index (κ2) is 5.26. The Kier molecular flexibility index (Phi) is 3.29. The summed E-state index contributed by atoms with van der Waals surface area (Å²) < 4.78 is 1.69. The first-order valence-corrected chi connectivity index (χ1v) is 6.37. The largest absolute Gasteiger partial charge is 0.381 e. The maximum absolute atomic E-state index is 12.4. The molecule has 3 aromatic rings. The van der Waals surface area contributed by atoms with Crippen LogP contribution in [0.25, 0.3) is 5.65 Å². The van der Waals surface area contributed by atoms with Gasteiger partial charge in [0, 0.05) is 17.3 Å². The molecule has 0 saturated carbocycles. The first-order chi connectivity index (χ1) is 10.2. The van der Waals surface area contributed by atoms with Crippen molar-refractivity contribution in [3.63, 3.8) is 0 Å². The highest BCUT2D eigenvalue weighted by atomic mass is 16.6. The average molecular weight is 282 g/mol. The number of hydrogen-bond acceptors (Lipinski definition) is 5. The number of nitrogen functional groups attached to an aromatic ring is 1. The zero-order valence-electron chi connectivity index (χ0n) is 11.4. The minimum atomic E-state index is -0.0619. The highest BCUT2D eigenvalue weighted by Gasteiger charge is 2.13. The monoisotopic (exact) mass is 282 g/mol. The first-order valence-electron chi connectivity index (χ1n) is 6.37. The number of rotatable bonds is 4. The molecule has 2 aromatic heterocycles. The van der Waals surface area contributed by atoms with Crippen LogP contribution in [0.15, 0.2) is 48.7 Å². The fraction of sp³-hybridized carbons (Fsp3) is 0.0667. The Morgan fingerprint density at radius 3 is 2.67 bits per heavy atom. The number of nitrogens with two attached hydrogens (primary N) is 1. The van der Waals surface area contributed by atoms with E-state index in [0.29, 0.717) is 28.4 Å². The molecule has 21 heavy (non-hydrogen) atoms. The summed E-state index contributed by atoms with van der Waals surface area (Å²) in [5, 5.41) is 0. The molecule has 1 aromatic carbocycles. The summed E-state index contributed by atoms with van der Waals surface area (Å²) in [7, 11) is 1.48. The Morgan fingerprint density at radius 1 is 1.19 bits per heavy atom. The normalized spacial score (nSPS) is 10.7. The molecule has 106 valence electrons. The van der Waals surface area contributed by atoms with Gasteiger partial charge in [-0.25, -0.2) is 10.5 Å². The molecule has 0 unspecified atom stereocenters. The van der Waals surface area contributed by atoms with E-state index in [9.17, 15) is 4.79 Å². The van der Waals surface area contributed by atoms with Crippen LogP contribution in [-0.2, 0) is 4.84 Å². The molecule has 0 radical (unpaired) electrons. The van der Waals surface area contributed by atoms with Gasteiger partial charge in [0.15, 0.2) is 17.4 Å². The van der Waals surface area contributed by atoms with Crippen LogP contribution in [0.4, 0.5) is 11.6 Å². The van der Waals surface area contributed by atoms with E-state index < -0.39 is 0 Å². The van der Waals surface area contributed by atoms with Gasteiger partial charge in [-0.15, -0.1) is 0 Å². The zero-order chi connectivity index (χ0) is 14.8. The summed E-state index contributed by atoms with van der Waals surface area (Å²) in [6.07, 6.45) is 1.69. The minimum Gasteiger partial charge on any atom is -0.381 e. The fourth-order valence-electron chi connectivity index (χ4n) is 2.15. The molecule has 0 aliphatic heterocycles. The number of pyridine rings is 1. The van der Waals surface area contributed by atoms with E-state index in [1.54, 1.807) is 34.9 Å². The summed E-state index contributed by atoms with van der Waals surface area (Å²) in [5.41, 5.74) is 10.3. The molecule has 0 bridgehead atoms. The fourth-order valence-corrected chi connectivity index (χ4v) is 2.15. The topological polar surface area (TPSA) is 81.7 Å². The maximum Gasteiger partial charge on any atom is 0.194 e. The lowest BCUT2D eigenvalue weighted by molar-refractivity contribution is 0.103. The van der Waals surface area contributed by atoms with Gasteiger partial charge in [0.25, 0.3) is 0 Å². The van der Waals surface area contributed by atoms with E-state index in [1.807, 2.05) is 18.2 Å². The Labute approximate surface area is 121 Å². The molecule has 6 heteroatoms. The van der Waals surface area contributed by atoms with Crippen LogP contribution in [0.1, 0.15) is 15.9 Å². The summed E-state index contributed by atoms with van der Waals surface area (Å²) >= 11 is 0. The number of carbonyl (C=O) groups excluding carboxylic acids is 1. The van der Waals surface area contributed by atoms with Crippen LogP contribution in [0.5, 0.6) is 0 Å². The molecule has 0 saturated heterocycles. The molecule has 0 aliphatic rings. The Balaban J connectivity index is 2.08. The SMILES string of the molecule is CONc1c(N)nc2ccc(C(=O)c3ccccc3)cn12. The van der Waals surface area contributed by atoms with E-state index >= 15 is 0 Å². The predicted molar refractivity (Wildman–Crippen MR) is 80.1 cm³/mol. The number of imidazole rings is 1. The number of aromatic nitrogens is 2. The van der Waals surface area contributed by atoms with E-state index in [2.05, 4.69) is 10.5 Å². The van der Waals surface area contributed by atoms with Gasteiger partial charge in [0.2, 0.25) is 0 Å². The Hall–Kier alpha value is -2.86. The number of ketones is 1. The van der Waals surface area contributed by atoms with Crippen LogP contribution < -0.4 is 11.2 Å². The van der Waals surface area contributed by atoms with Crippen molar-refractivity contribution in [1.29, 1.82) is 0 Å². The summed E-state index contributed by atoms with van der Waals surface area (Å²) in [5.74, 6) is 0.740. The van der Waals surface area contributed by atoms with Crippen molar-refractivity contribution in [2.75, 3.05) is 18.3 Å². The molecular formula is C15H14N4O2. The van der Waals surface area contributed by atoms with Crippen LogP contribution in [-0.4, -0.2) is 22.3 Å². The van der Waals surface area contributed by atoms with Gasteiger partial charge >= 0.3 is 0 Å². The summed E-state index contributed by atoms with van der Waals surface area (Å²) in [6.45, 7) is 0. The molecule has 3 N–H and O–H groups in total. The van der Waals surface area contributed by atoms with Gasteiger partial charge in [-0.1, -0.05) is 30.3 Å². The summed E-state index contributed by atoms with van der Waals surface area (Å²) in [4.78, 5) is 21.5. The van der Waals surface area contributed by atoms with Crippen LogP contribution >= 0.6 is 0 Å². The van der Waals surface area contributed by atoms with Crippen molar-refractivity contribution in [1.82, 2.24) is 9.38 Å². The van der Waals surface area contributed by atoms with Crippen molar-refractivity contribution in [2.45, 2.75) is 0 Å². The number of carbonyl (C=O) groups is 1. The van der Waals surface area contributed by atoms with Gasteiger partial charge in [0.1, 0.15) is 5.65 Å². The lowest BCUT2D eigenvalue weighted by Crippen LogP contribution is -2.05. The quantitative estimate of drug-likeness (QED) is 0.566. The molecule has 0 amide bonds. The smallest absolute Gasteiger partial charge is 0.194 e. The minimum absolute atomic E-state index is 0.0619. The third-order valence-electron chi connectivity index (χ3n) is 3.14. The molecular weight excluding hydrogens is 268 g/mol. The second-order valence-electron chi connectivity index (χ2n) is 4.49. The molecule has 3 rings (SSSR count). The van der Waals surface area contributed by atoms with Crippen molar-refractivity contribution in [3.05, 3.63) is 59.8 Å². The van der Waals surface area contributed by atoms with Crippen LogP contribution in [0.3, 0.4) is 0 Å². The third kappa shape index (κ3) is 2.32. The molecule has 0 spiro atoms. The number of hydrogen-bond donors (Lipinski definition) is 2. The van der Waals surface area contributed by atoms with Gasteiger partial charge < -0.3 is 5.73 Å². The first kappa shape index (κ1) is 13.1. The maximum atomic E-state index is 12.4. The van der Waals surface area contributed by atoms with Crippen LogP contribution in [0, 0.1) is 0 Å². The standard InChI is InChI=1S/C15H14N4O2/c1-21-18-15-14(16)17-12-8-7-11(9-19(12)15)13(20)10-5-3-2-4-6-10/h2-9,18H,16H2,1H3. The van der Waals surface area contributed by atoms with Crippen molar-refractivity contribution in [3.8, 4) is 0 Å². The number of fused-ring (bicyclic) bond motifs is 1.